The second kappa shape index (κ2) is 11.9. The van der Waals surface area contributed by atoms with Gasteiger partial charge >= 0.3 is 143 Å². The zero-order valence-electron chi connectivity index (χ0n) is 15.2. The van der Waals surface area contributed by atoms with Crippen molar-refractivity contribution in [3.05, 3.63) is 0 Å². The summed E-state index contributed by atoms with van der Waals surface area (Å²) in [4.78, 5) is 10.9. The van der Waals surface area contributed by atoms with Crippen molar-refractivity contribution in [1.82, 2.24) is 0 Å². The number of hydrogen-bond donors (Lipinski definition) is 0. The molecule has 0 N–H and O–H groups in total. The fraction of sp³-hybridized carbons (Fsp3) is 0.947. The Hall–Kier alpha value is 0.429. The Bertz CT molecular complexity index is 271. The van der Waals surface area contributed by atoms with Gasteiger partial charge in [-0.2, -0.15) is 0 Å². The van der Waals surface area contributed by atoms with Gasteiger partial charge in [-0.3, -0.25) is 0 Å². The van der Waals surface area contributed by atoms with Gasteiger partial charge in [-0.25, -0.2) is 0 Å². The number of carbonyl (C=O) groups is 1. The SMILES string of the molecule is CCC[CH2][Sn]([CH2]CCC)([CH2]CCC)[CH2][C@H]1COC[C@H]1CC=O. The van der Waals surface area contributed by atoms with E-state index in [1.54, 1.807) is 13.3 Å². The molecular formula is C19H38O2Sn. The molecule has 0 aromatic heterocycles. The Morgan fingerprint density at radius 1 is 0.909 bits per heavy atom. The van der Waals surface area contributed by atoms with E-state index in [-0.39, 0.29) is 0 Å². The maximum atomic E-state index is 10.9. The summed E-state index contributed by atoms with van der Waals surface area (Å²) >= 11 is -2.06. The van der Waals surface area contributed by atoms with Gasteiger partial charge in [-0.15, -0.1) is 0 Å². The molecule has 0 spiro atoms. The summed E-state index contributed by atoms with van der Waals surface area (Å²) in [5.41, 5.74) is 0. The maximum absolute atomic E-state index is 10.9. The molecule has 0 amide bonds. The molecule has 1 heterocycles. The molecule has 1 aliphatic rings. The molecule has 0 bridgehead atoms. The monoisotopic (exact) mass is 418 g/mol. The molecule has 0 aromatic rings. The van der Waals surface area contributed by atoms with Crippen molar-refractivity contribution in [2.24, 2.45) is 11.8 Å². The fourth-order valence-corrected chi connectivity index (χ4v) is 21.9. The molecule has 2 atom stereocenters. The average Bonchev–Trinajstić information content (AvgIpc) is 2.96. The first-order valence-electron chi connectivity index (χ1n) is 9.72. The van der Waals surface area contributed by atoms with E-state index in [9.17, 15) is 4.79 Å². The number of ether oxygens (including phenoxy) is 1. The Labute approximate surface area is 142 Å². The molecule has 1 aliphatic heterocycles. The predicted molar refractivity (Wildman–Crippen MR) is 98.2 cm³/mol. The molecule has 22 heavy (non-hydrogen) atoms. The Morgan fingerprint density at radius 3 is 1.86 bits per heavy atom. The number of carbonyl (C=O) groups excluding carboxylic acids is 1. The molecule has 1 fully saturated rings. The van der Waals surface area contributed by atoms with Crippen LogP contribution in [0.3, 0.4) is 0 Å². The molecule has 3 heteroatoms. The summed E-state index contributed by atoms with van der Waals surface area (Å²) < 4.78 is 12.0. The van der Waals surface area contributed by atoms with Crippen molar-refractivity contribution in [2.45, 2.75) is 83.5 Å². The number of rotatable bonds is 13. The quantitative estimate of drug-likeness (QED) is 0.285. The normalized spacial score (nSPS) is 22.1. The van der Waals surface area contributed by atoms with Crippen LogP contribution in [-0.2, 0) is 9.53 Å². The van der Waals surface area contributed by atoms with Gasteiger partial charge in [0.25, 0.3) is 0 Å². The van der Waals surface area contributed by atoms with Crippen LogP contribution >= 0.6 is 0 Å². The molecule has 0 aliphatic carbocycles. The second-order valence-electron chi connectivity index (χ2n) is 7.47. The van der Waals surface area contributed by atoms with Gasteiger partial charge in [0, 0.05) is 0 Å². The van der Waals surface area contributed by atoms with Gasteiger partial charge < -0.3 is 0 Å². The molecule has 1 saturated heterocycles. The standard InChI is InChI=1S/C7H11O2.3C4H9.Sn/c1-6-4-9-5-7(6)2-3-8;3*1-3-4-2;/h3,6-7H,1-2,4-5H2;3*1,3-4H2,2H3;/t6-,7+;;;;/m0..../s1. The minimum atomic E-state index is -2.06. The van der Waals surface area contributed by atoms with Crippen LogP contribution in [0.4, 0.5) is 0 Å². The van der Waals surface area contributed by atoms with E-state index in [1.807, 2.05) is 0 Å². The van der Waals surface area contributed by atoms with E-state index < -0.39 is 18.4 Å². The van der Waals surface area contributed by atoms with Crippen molar-refractivity contribution in [2.75, 3.05) is 13.2 Å². The molecule has 130 valence electrons. The first-order chi connectivity index (χ1) is 10.7. The Morgan fingerprint density at radius 2 is 1.41 bits per heavy atom. The third-order valence-corrected chi connectivity index (χ3v) is 21.7. The summed E-state index contributed by atoms with van der Waals surface area (Å²) in [5.74, 6) is 1.23. The van der Waals surface area contributed by atoms with Crippen molar-refractivity contribution in [3.8, 4) is 0 Å². The van der Waals surface area contributed by atoms with Crippen LogP contribution in [-0.4, -0.2) is 37.9 Å². The first-order valence-corrected chi connectivity index (χ1v) is 17.8. The van der Waals surface area contributed by atoms with Crippen LogP contribution in [0.15, 0.2) is 0 Å². The summed E-state index contributed by atoms with van der Waals surface area (Å²) in [6.45, 7) is 8.78. The molecule has 0 saturated carbocycles. The summed E-state index contributed by atoms with van der Waals surface area (Å²) in [7, 11) is 0. The minimum absolute atomic E-state index is 0.526. The molecule has 0 aromatic carbocycles. The third kappa shape index (κ3) is 6.90. The summed E-state index contributed by atoms with van der Waals surface area (Å²) in [5, 5.41) is 0. The van der Waals surface area contributed by atoms with Crippen molar-refractivity contribution in [1.29, 1.82) is 0 Å². The van der Waals surface area contributed by atoms with Crippen LogP contribution in [0.5, 0.6) is 0 Å². The molecule has 1 rings (SSSR count). The van der Waals surface area contributed by atoms with Gasteiger partial charge in [0.1, 0.15) is 0 Å². The molecular weight excluding hydrogens is 379 g/mol. The van der Waals surface area contributed by atoms with E-state index in [1.165, 1.54) is 43.0 Å². The van der Waals surface area contributed by atoms with E-state index in [0.29, 0.717) is 11.8 Å². The predicted octanol–water partition coefficient (Wildman–Crippen LogP) is 5.69. The van der Waals surface area contributed by atoms with Crippen LogP contribution in [0, 0.1) is 11.8 Å². The second-order valence-corrected chi connectivity index (χ2v) is 21.5. The molecule has 0 radical (unpaired) electrons. The van der Waals surface area contributed by atoms with Gasteiger partial charge in [-0.05, 0) is 0 Å². The third-order valence-electron chi connectivity index (χ3n) is 5.61. The number of unbranched alkanes of at least 4 members (excludes halogenated alkanes) is 3. The summed E-state index contributed by atoms with van der Waals surface area (Å²) in [6.07, 6.45) is 10.2. The van der Waals surface area contributed by atoms with Crippen molar-refractivity contribution < 1.29 is 9.53 Å². The van der Waals surface area contributed by atoms with E-state index in [4.69, 9.17) is 4.74 Å². The number of aldehydes is 1. The van der Waals surface area contributed by atoms with Gasteiger partial charge in [0.05, 0.1) is 0 Å². The van der Waals surface area contributed by atoms with Gasteiger partial charge in [0.2, 0.25) is 0 Å². The van der Waals surface area contributed by atoms with E-state index >= 15 is 0 Å². The Kier molecular flexibility index (Phi) is 11.1. The Balaban J connectivity index is 2.76. The van der Waals surface area contributed by atoms with E-state index in [0.717, 1.165) is 25.9 Å². The average molecular weight is 417 g/mol. The van der Waals surface area contributed by atoms with Crippen LogP contribution in [0.25, 0.3) is 0 Å². The fourth-order valence-electron chi connectivity index (χ4n) is 4.15. The van der Waals surface area contributed by atoms with Gasteiger partial charge in [0.15, 0.2) is 0 Å². The molecule has 2 nitrogen and oxygen atoms in total. The van der Waals surface area contributed by atoms with Crippen LogP contribution < -0.4 is 0 Å². The number of hydrogen-bond acceptors (Lipinski definition) is 2. The van der Waals surface area contributed by atoms with Gasteiger partial charge in [-0.1, -0.05) is 0 Å². The van der Waals surface area contributed by atoms with Crippen molar-refractivity contribution >= 4 is 24.7 Å². The first kappa shape index (κ1) is 20.5. The van der Waals surface area contributed by atoms with Crippen LogP contribution in [0.2, 0.25) is 17.7 Å². The molecule has 0 unspecified atom stereocenters. The van der Waals surface area contributed by atoms with Crippen molar-refractivity contribution in [3.63, 3.8) is 0 Å². The summed E-state index contributed by atoms with van der Waals surface area (Å²) in [6, 6.07) is 0. The van der Waals surface area contributed by atoms with Crippen LogP contribution in [0.1, 0.15) is 65.7 Å². The zero-order chi connectivity index (χ0) is 16.3. The van der Waals surface area contributed by atoms with E-state index in [2.05, 4.69) is 20.8 Å². The zero-order valence-corrected chi connectivity index (χ0v) is 18.1. The topological polar surface area (TPSA) is 26.3 Å².